The summed E-state index contributed by atoms with van der Waals surface area (Å²) < 4.78 is 5.44. The smallest absolute Gasteiger partial charge is 0.197 e. The molecular weight excluding hydrogens is 236 g/mol. The molecule has 2 heteroatoms. The minimum absolute atomic E-state index is 0.0196. The van der Waals surface area contributed by atoms with Crippen molar-refractivity contribution < 1.29 is 9.21 Å². The van der Waals surface area contributed by atoms with Crippen molar-refractivity contribution in [1.29, 1.82) is 0 Å². The molecule has 1 heterocycles. The monoisotopic (exact) mass is 250 g/mol. The predicted molar refractivity (Wildman–Crippen MR) is 75.6 cm³/mol. The average Bonchev–Trinajstić information content (AvgIpc) is 2.85. The van der Waals surface area contributed by atoms with Gasteiger partial charge in [-0.05, 0) is 31.0 Å². The first-order valence-corrected chi connectivity index (χ1v) is 6.25. The Balaban J connectivity index is 2.17. The molecule has 0 bridgehead atoms. The number of carbonyl (C=O) groups excluding carboxylic acids is 1. The van der Waals surface area contributed by atoms with Gasteiger partial charge in [-0.3, -0.25) is 4.79 Å². The van der Waals surface area contributed by atoms with Crippen molar-refractivity contribution in [2.45, 2.75) is 13.8 Å². The summed E-state index contributed by atoms with van der Waals surface area (Å²) in [7, 11) is 0. The molecule has 19 heavy (non-hydrogen) atoms. The van der Waals surface area contributed by atoms with Gasteiger partial charge in [0.05, 0.1) is 5.56 Å². The first kappa shape index (κ1) is 11.7. The Labute approximate surface area is 111 Å². The van der Waals surface area contributed by atoms with Gasteiger partial charge in [0.25, 0.3) is 0 Å². The molecule has 0 radical (unpaired) electrons. The first-order valence-electron chi connectivity index (χ1n) is 6.25. The third-order valence-electron chi connectivity index (χ3n) is 3.57. The molecule has 2 nitrogen and oxygen atoms in total. The number of aryl methyl sites for hydroxylation is 1. The second-order valence-corrected chi connectivity index (χ2v) is 4.72. The highest BCUT2D eigenvalue weighted by molar-refractivity contribution is 6.16. The highest BCUT2D eigenvalue weighted by Gasteiger charge is 2.17. The van der Waals surface area contributed by atoms with Gasteiger partial charge >= 0.3 is 0 Å². The van der Waals surface area contributed by atoms with E-state index in [0.29, 0.717) is 5.56 Å². The molecule has 0 fully saturated rings. The number of hydrogen-bond donors (Lipinski definition) is 0. The van der Waals surface area contributed by atoms with Gasteiger partial charge in [0.1, 0.15) is 11.8 Å². The molecule has 0 amide bonds. The van der Waals surface area contributed by atoms with Gasteiger partial charge in [-0.15, -0.1) is 0 Å². The standard InChI is InChI=1S/C17H14O2/c1-11-6-5-8-13(12(11)2)17(18)15-10-19-16-9-4-3-7-14(15)16/h3-10H,1-2H3. The normalized spacial score (nSPS) is 10.8. The van der Waals surface area contributed by atoms with Gasteiger partial charge in [-0.1, -0.05) is 36.4 Å². The Morgan fingerprint density at radius 1 is 0.947 bits per heavy atom. The summed E-state index contributed by atoms with van der Waals surface area (Å²) in [6.45, 7) is 3.99. The van der Waals surface area contributed by atoms with Crippen LogP contribution in [0.3, 0.4) is 0 Å². The summed E-state index contributed by atoms with van der Waals surface area (Å²) in [6, 6.07) is 13.4. The number of para-hydroxylation sites is 1. The molecule has 0 N–H and O–H groups in total. The van der Waals surface area contributed by atoms with Crippen LogP contribution in [0.15, 0.2) is 53.1 Å². The fourth-order valence-electron chi connectivity index (χ4n) is 2.30. The van der Waals surface area contributed by atoms with Crippen molar-refractivity contribution in [3.8, 4) is 0 Å². The van der Waals surface area contributed by atoms with E-state index in [1.807, 2.05) is 56.3 Å². The number of carbonyl (C=O) groups is 1. The molecule has 0 saturated heterocycles. The summed E-state index contributed by atoms with van der Waals surface area (Å²) in [5.41, 5.74) is 4.27. The van der Waals surface area contributed by atoms with Crippen molar-refractivity contribution in [2.75, 3.05) is 0 Å². The SMILES string of the molecule is Cc1cccc(C(=O)c2coc3ccccc23)c1C. The van der Waals surface area contributed by atoms with E-state index in [0.717, 1.165) is 27.7 Å². The molecule has 0 saturated carbocycles. The van der Waals surface area contributed by atoms with Gasteiger partial charge in [0.15, 0.2) is 5.78 Å². The fourth-order valence-corrected chi connectivity index (χ4v) is 2.30. The predicted octanol–water partition coefficient (Wildman–Crippen LogP) is 4.28. The van der Waals surface area contributed by atoms with Crippen LogP contribution in [0.5, 0.6) is 0 Å². The molecule has 0 aliphatic carbocycles. The maximum atomic E-state index is 12.6. The molecule has 3 aromatic rings. The van der Waals surface area contributed by atoms with Crippen LogP contribution in [0.25, 0.3) is 11.0 Å². The highest BCUT2D eigenvalue weighted by atomic mass is 16.3. The summed E-state index contributed by atoms with van der Waals surface area (Å²) in [4.78, 5) is 12.6. The molecule has 0 aliphatic heterocycles. The Morgan fingerprint density at radius 2 is 1.74 bits per heavy atom. The topological polar surface area (TPSA) is 30.2 Å². The van der Waals surface area contributed by atoms with Crippen LogP contribution < -0.4 is 0 Å². The van der Waals surface area contributed by atoms with Gasteiger partial charge in [-0.2, -0.15) is 0 Å². The van der Waals surface area contributed by atoms with Gasteiger partial charge in [0, 0.05) is 10.9 Å². The largest absolute Gasteiger partial charge is 0.464 e. The Bertz CT molecular complexity index is 766. The highest BCUT2D eigenvalue weighted by Crippen LogP contribution is 2.25. The Morgan fingerprint density at radius 3 is 2.58 bits per heavy atom. The van der Waals surface area contributed by atoms with Crippen molar-refractivity contribution >= 4 is 16.8 Å². The van der Waals surface area contributed by atoms with Gasteiger partial charge in [0.2, 0.25) is 0 Å². The van der Waals surface area contributed by atoms with E-state index in [4.69, 9.17) is 4.42 Å². The molecule has 2 aromatic carbocycles. The number of rotatable bonds is 2. The van der Waals surface area contributed by atoms with E-state index >= 15 is 0 Å². The zero-order valence-corrected chi connectivity index (χ0v) is 10.9. The van der Waals surface area contributed by atoms with E-state index in [9.17, 15) is 4.79 Å². The van der Waals surface area contributed by atoms with Crippen LogP contribution in [-0.4, -0.2) is 5.78 Å². The van der Waals surface area contributed by atoms with E-state index in [-0.39, 0.29) is 5.78 Å². The zero-order valence-electron chi connectivity index (χ0n) is 10.9. The lowest BCUT2D eigenvalue weighted by Crippen LogP contribution is -2.03. The lowest BCUT2D eigenvalue weighted by molar-refractivity contribution is 0.103. The molecule has 0 unspecified atom stereocenters. The molecule has 0 aliphatic rings. The van der Waals surface area contributed by atoms with Crippen LogP contribution >= 0.6 is 0 Å². The van der Waals surface area contributed by atoms with E-state index in [1.165, 1.54) is 0 Å². The Kier molecular flexibility index (Phi) is 2.71. The van der Waals surface area contributed by atoms with Crippen molar-refractivity contribution in [1.82, 2.24) is 0 Å². The number of benzene rings is 2. The minimum Gasteiger partial charge on any atom is -0.464 e. The summed E-state index contributed by atoms with van der Waals surface area (Å²) in [6.07, 6.45) is 1.55. The molecule has 0 atom stereocenters. The molecule has 3 rings (SSSR count). The molecule has 0 spiro atoms. The van der Waals surface area contributed by atoms with Gasteiger partial charge in [-0.25, -0.2) is 0 Å². The number of hydrogen-bond acceptors (Lipinski definition) is 2. The van der Waals surface area contributed by atoms with E-state index < -0.39 is 0 Å². The molecular formula is C17H14O2. The fraction of sp³-hybridized carbons (Fsp3) is 0.118. The van der Waals surface area contributed by atoms with Crippen molar-refractivity contribution in [2.24, 2.45) is 0 Å². The summed E-state index contributed by atoms with van der Waals surface area (Å²) in [5.74, 6) is 0.0196. The lowest BCUT2D eigenvalue weighted by Gasteiger charge is -2.06. The maximum Gasteiger partial charge on any atom is 0.197 e. The number of fused-ring (bicyclic) bond motifs is 1. The third-order valence-corrected chi connectivity index (χ3v) is 3.57. The van der Waals surface area contributed by atoms with Crippen LogP contribution in [0, 0.1) is 13.8 Å². The van der Waals surface area contributed by atoms with Crippen LogP contribution in [0.4, 0.5) is 0 Å². The second kappa shape index (κ2) is 4.39. The van der Waals surface area contributed by atoms with Gasteiger partial charge < -0.3 is 4.42 Å². The van der Waals surface area contributed by atoms with Crippen molar-refractivity contribution in [3.05, 3.63) is 71.0 Å². The van der Waals surface area contributed by atoms with Crippen LogP contribution in [-0.2, 0) is 0 Å². The molecule has 1 aromatic heterocycles. The van der Waals surface area contributed by atoms with E-state index in [2.05, 4.69) is 0 Å². The third kappa shape index (κ3) is 1.85. The summed E-state index contributed by atoms with van der Waals surface area (Å²) in [5, 5.41) is 0.869. The quantitative estimate of drug-likeness (QED) is 0.635. The zero-order chi connectivity index (χ0) is 13.4. The number of ketones is 1. The lowest BCUT2D eigenvalue weighted by atomic mass is 9.96. The first-order chi connectivity index (χ1) is 9.18. The summed E-state index contributed by atoms with van der Waals surface area (Å²) >= 11 is 0. The maximum absolute atomic E-state index is 12.6. The molecule has 94 valence electrons. The Hall–Kier alpha value is -2.35. The minimum atomic E-state index is 0.0196. The van der Waals surface area contributed by atoms with Crippen molar-refractivity contribution in [3.63, 3.8) is 0 Å². The van der Waals surface area contributed by atoms with Crippen LogP contribution in [0.2, 0.25) is 0 Å². The number of furan rings is 1. The van der Waals surface area contributed by atoms with Crippen LogP contribution in [0.1, 0.15) is 27.0 Å². The second-order valence-electron chi connectivity index (χ2n) is 4.72. The average molecular weight is 250 g/mol. The van der Waals surface area contributed by atoms with E-state index in [1.54, 1.807) is 6.26 Å².